The van der Waals surface area contributed by atoms with Gasteiger partial charge in [-0.25, -0.2) is 0 Å². The van der Waals surface area contributed by atoms with Crippen LogP contribution in [0.25, 0.3) is 0 Å². The van der Waals surface area contributed by atoms with E-state index in [0.29, 0.717) is 6.04 Å². The third-order valence-corrected chi connectivity index (χ3v) is 7.20. The normalized spacial score (nSPS) is 17.1. The summed E-state index contributed by atoms with van der Waals surface area (Å²) in [5.74, 6) is 0. The molecule has 2 heterocycles. The van der Waals surface area contributed by atoms with E-state index in [2.05, 4.69) is 81.1 Å². The molecule has 0 spiro atoms. The maximum Gasteiger partial charge on any atom is 0.0702 e. The summed E-state index contributed by atoms with van der Waals surface area (Å²) in [5.41, 5.74) is 8.86. The van der Waals surface area contributed by atoms with Crippen LogP contribution in [-0.2, 0) is 19.4 Å². The third-order valence-electron chi connectivity index (χ3n) is 5.96. The van der Waals surface area contributed by atoms with Crippen LogP contribution < -0.4 is 0 Å². The van der Waals surface area contributed by atoms with Crippen molar-refractivity contribution >= 4 is 11.3 Å². The van der Waals surface area contributed by atoms with Crippen molar-refractivity contribution in [1.29, 1.82) is 0 Å². The van der Waals surface area contributed by atoms with Gasteiger partial charge in [0, 0.05) is 22.8 Å². The molecule has 0 radical (unpaired) electrons. The zero-order valence-corrected chi connectivity index (χ0v) is 17.7. The summed E-state index contributed by atoms with van der Waals surface area (Å²) in [6.45, 7) is 11.2. The van der Waals surface area contributed by atoms with Crippen LogP contribution in [-0.4, -0.2) is 11.4 Å². The predicted molar refractivity (Wildman–Crippen MR) is 117 cm³/mol. The summed E-state index contributed by atoms with van der Waals surface area (Å²) in [5, 5.41) is 0. The number of hydrogen-bond acceptors (Lipinski definition) is 2. The van der Waals surface area contributed by atoms with Crippen molar-refractivity contribution < 1.29 is 0 Å². The SMILES string of the molecule is CCc1c(C)sc2c1CCN(Cc1cc(C)ccc1C)[C@@H]2c1ccccc1. The highest BCUT2D eigenvalue weighted by Crippen LogP contribution is 2.43. The molecular weight excluding hydrogens is 346 g/mol. The number of rotatable bonds is 4. The van der Waals surface area contributed by atoms with Gasteiger partial charge in [-0.05, 0) is 61.4 Å². The van der Waals surface area contributed by atoms with Crippen molar-refractivity contribution in [2.45, 2.75) is 53.1 Å². The first-order valence-corrected chi connectivity index (χ1v) is 10.9. The van der Waals surface area contributed by atoms with E-state index >= 15 is 0 Å². The van der Waals surface area contributed by atoms with E-state index in [-0.39, 0.29) is 0 Å². The topological polar surface area (TPSA) is 3.24 Å². The van der Waals surface area contributed by atoms with Gasteiger partial charge in [0.2, 0.25) is 0 Å². The summed E-state index contributed by atoms with van der Waals surface area (Å²) < 4.78 is 0. The standard InChI is InChI=1S/C25H29NS/c1-5-22-19(4)27-25-23(22)13-14-26(24(25)20-9-7-6-8-10-20)16-21-15-17(2)11-12-18(21)3/h6-12,15,24H,5,13-14,16H2,1-4H3/t24-/m1/s1. The number of aryl methyl sites for hydroxylation is 3. The fraction of sp³-hybridized carbons (Fsp3) is 0.360. The van der Waals surface area contributed by atoms with Gasteiger partial charge in [0.05, 0.1) is 6.04 Å². The minimum absolute atomic E-state index is 0.374. The van der Waals surface area contributed by atoms with Gasteiger partial charge in [0.25, 0.3) is 0 Å². The molecule has 1 atom stereocenters. The molecule has 140 valence electrons. The zero-order chi connectivity index (χ0) is 19.0. The van der Waals surface area contributed by atoms with Gasteiger partial charge in [0.15, 0.2) is 0 Å². The number of fused-ring (bicyclic) bond motifs is 1. The molecule has 0 aliphatic carbocycles. The summed E-state index contributed by atoms with van der Waals surface area (Å²) in [7, 11) is 0. The second kappa shape index (κ2) is 7.61. The highest BCUT2D eigenvalue weighted by atomic mass is 32.1. The smallest absolute Gasteiger partial charge is 0.0702 e. The molecule has 3 aromatic rings. The number of hydrogen-bond donors (Lipinski definition) is 0. The van der Waals surface area contributed by atoms with Crippen LogP contribution in [0.5, 0.6) is 0 Å². The molecule has 1 aliphatic rings. The first-order valence-electron chi connectivity index (χ1n) is 10.0. The Bertz CT molecular complexity index is 938. The van der Waals surface area contributed by atoms with Crippen molar-refractivity contribution in [3.05, 3.63) is 91.7 Å². The number of benzene rings is 2. The lowest BCUT2D eigenvalue weighted by atomic mass is 9.91. The van der Waals surface area contributed by atoms with Crippen molar-refractivity contribution in [3.8, 4) is 0 Å². The van der Waals surface area contributed by atoms with Crippen LogP contribution in [0, 0.1) is 20.8 Å². The van der Waals surface area contributed by atoms with Gasteiger partial charge in [0.1, 0.15) is 0 Å². The van der Waals surface area contributed by atoms with E-state index in [1.165, 1.54) is 33.6 Å². The van der Waals surface area contributed by atoms with Crippen LogP contribution in [0.1, 0.15) is 56.1 Å². The fourth-order valence-corrected chi connectivity index (χ4v) is 5.98. The number of thiophene rings is 1. The van der Waals surface area contributed by atoms with Crippen LogP contribution in [0.3, 0.4) is 0 Å². The highest BCUT2D eigenvalue weighted by molar-refractivity contribution is 7.12. The quantitative estimate of drug-likeness (QED) is 0.511. The minimum atomic E-state index is 0.374. The van der Waals surface area contributed by atoms with Crippen LogP contribution in [0.4, 0.5) is 0 Å². The first kappa shape index (κ1) is 18.5. The Morgan fingerprint density at radius 1 is 1.04 bits per heavy atom. The van der Waals surface area contributed by atoms with Crippen molar-refractivity contribution in [3.63, 3.8) is 0 Å². The molecule has 1 aliphatic heterocycles. The Balaban J connectivity index is 1.78. The summed E-state index contributed by atoms with van der Waals surface area (Å²) in [6.07, 6.45) is 2.33. The number of nitrogens with zero attached hydrogens (tertiary/aromatic N) is 1. The van der Waals surface area contributed by atoms with E-state index < -0.39 is 0 Å². The molecular formula is C25H29NS. The lowest BCUT2D eigenvalue weighted by Crippen LogP contribution is -2.35. The minimum Gasteiger partial charge on any atom is -0.287 e. The molecule has 0 fully saturated rings. The lowest BCUT2D eigenvalue weighted by molar-refractivity contribution is 0.207. The Morgan fingerprint density at radius 3 is 2.56 bits per heavy atom. The second-order valence-electron chi connectivity index (χ2n) is 7.80. The lowest BCUT2D eigenvalue weighted by Gasteiger charge is -2.37. The molecule has 2 heteroatoms. The van der Waals surface area contributed by atoms with Gasteiger partial charge in [-0.15, -0.1) is 11.3 Å². The second-order valence-corrected chi connectivity index (χ2v) is 9.05. The molecule has 2 aromatic carbocycles. The maximum atomic E-state index is 2.69. The Labute approximate surface area is 167 Å². The monoisotopic (exact) mass is 375 g/mol. The van der Waals surface area contributed by atoms with Gasteiger partial charge in [-0.3, -0.25) is 4.90 Å². The van der Waals surface area contributed by atoms with E-state index in [1.54, 1.807) is 16.0 Å². The van der Waals surface area contributed by atoms with E-state index in [1.807, 2.05) is 11.3 Å². The van der Waals surface area contributed by atoms with Crippen molar-refractivity contribution in [2.75, 3.05) is 6.54 Å². The molecule has 0 saturated carbocycles. The molecule has 0 unspecified atom stereocenters. The Morgan fingerprint density at radius 2 is 1.81 bits per heavy atom. The Hall–Kier alpha value is -1.90. The molecule has 0 N–H and O–H groups in total. The average molecular weight is 376 g/mol. The molecule has 1 nitrogen and oxygen atoms in total. The van der Waals surface area contributed by atoms with Crippen LogP contribution in [0.15, 0.2) is 48.5 Å². The zero-order valence-electron chi connectivity index (χ0n) is 16.9. The average Bonchev–Trinajstić information content (AvgIpc) is 3.00. The van der Waals surface area contributed by atoms with Crippen molar-refractivity contribution in [1.82, 2.24) is 4.90 Å². The van der Waals surface area contributed by atoms with Crippen LogP contribution in [0.2, 0.25) is 0 Å². The molecule has 0 amide bonds. The van der Waals surface area contributed by atoms with Crippen LogP contribution >= 0.6 is 11.3 Å². The van der Waals surface area contributed by atoms with E-state index in [9.17, 15) is 0 Å². The van der Waals surface area contributed by atoms with Gasteiger partial charge in [-0.2, -0.15) is 0 Å². The summed E-state index contributed by atoms with van der Waals surface area (Å²) in [4.78, 5) is 5.78. The molecule has 4 rings (SSSR count). The fourth-order valence-electron chi connectivity index (χ4n) is 4.51. The van der Waals surface area contributed by atoms with Crippen molar-refractivity contribution in [2.24, 2.45) is 0 Å². The van der Waals surface area contributed by atoms with E-state index in [0.717, 1.165) is 19.5 Å². The molecule has 1 aromatic heterocycles. The van der Waals surface area contributed by atoms with Gasteiger partial charge >= 0.3 is 0 Å². The predicted octanol–water partition coefficient (Wildman–Crippen LogP) is 6.38. The van der Waals surface area contributed by atoms with E-state index in [4.69, 9.17) is 0 Å². The first-order chi connectivity index (χ1) is 13.1. The van der Waals surface area contributed by atoms with Gasteiger partial charge < -0.3 is 0 Å². The maximum absolute atomic E-state index is 2.69. The Kier molecular flexibility index (Phi) is 5.21. The molecule has 27 heavy (non-hydrogen) atoms. The van der Waals surface area contributed by atoms with Gasteiger partial charge in [-0.1, -0.05) is 61.0 Å². The molecule has 0 saturated heterocycles. The summed E-state index contributed by atoms with van der Waals surface area (Å²) in [6, 6.07) is 18.3. The molecule has 0 bridgehead atoms. The largest absolute Gasteiger partial charge is 0.287 e. The third kappa shape index (κ3) is 3.49. The highest BCUT2D eigenvalue weighted by Gasteiger charge is 2.32. The summed E-state index contributed by atoms with van der Waals surface area (Å²) >= 11 is 2.02.